The molecule has 0 aromatic carbocycles. The lowest BCUT2D eigenvalue weighted by molar-refractivity contribution is 0.440. The molecule has 0 radical (unpaired) electrons. The van der Waals surface area contributed by atoms with Crippen molar-refractivity contribution in [2.45, 2.75) is 26.7 Å². The molecule has 1 aromatic heterocycles. The van der Waals surface area contributed by atoms with Gasteiger partial charge < -0.3 is 10.6 Å². The van der Waals surface area contributed by atoms with Crippen molar-refractivity contribution in [3.05, 3.63) is 11.3 Å². The summed E-state index contributed by atoms with van der Waals surface area (Å²) in [4.78, 5) is 2.31. The third-order valence-corrected chi connectivity index (χ3v) is 3.42. The number of amidine groups is 1. The fraction of sp³-hybridized carbons (Fsp3) is 0.667. The van der Waals surface area contributed by atoms with E-state index in [4.69, 9.17) is 11.1 Å². The number of hydrogen-bond donors (Lipinski definition) is 2. The molecule has 1 saturated heterocycles. The molecular formula is C12H21N5. The minimum absolute atomic E-state index is 0.115. The third kappa shape index (κ3) is 2.14. The van der Waals surface area contributed by atoms with Gasteiger partial charge in [0, 0.05) is 20.1 Å². The zero-order valence-electron chi connectivity index (χ0n) is 10.8. The Kier molecular flexibility index (Phi) is 3.09. The number of nitrogens with two attached hydrogens (primary N) is 1. The first kappa shape index (κ1) is 12.0. The predicted molar refractivity (Wildman–Crippen MR) is 69.6 cm³/mol. The van der Waals surface area contributed by atoms with E-state index >= 15 is 0 Å². The lowest BCUT2D eigenvalue weighted by atomic mass is 10.00. The Morgan fingerprint density at radius 1 is 1.53 bits per heavy atom. The van der Waals surface area contributed by atoms with Gasteiger partial charge >= 0.3 is 0 Å². The van der Waals surface area contributed by atoms with Crippen LogP contribution in [0.25, 0.3) is 0 Å². The van der Waals surface area contributed by atoms with E-state index in [0.717, 1.165) is 30.2 Å². The van der Waals surface area contributed by atoms with Crippen LogP contribution in [0, 0.1) is 18.3 Å². The third-order valence-electron chi connectivity index (χ3n) is 3.42. The summed E-state index contributed by atoms with van der Waals surface area (Å²) in [5.41, 5.74) is 7.31. The fourth-order valence-corrected chi connectivity index (χ4v) is 2.71. The monoisotopic (exact) mass is 235 g/mol. The van der Waals surface area contributed by atoms with E-state index in [1.165, 1.54) is 12.8 Å². The summed E-state index contributed by atoms with van der Waals surface area (Å²) >= 11 is 0. The minimum Gasteiger partial charge on any atom is -0.384 e. The van der Waals surface area contributed by atoms with Gasteiger partial charge in [-0.1, -0.05) is 6.92 Å². The lowest BCUT2D eigenvalue weighted by Gasteiger charge is -2.33. The summed E-state index contributed by atoms with van der Waals surface area (Å²) in [6.07, 6.45) is 2.48. The summed E-state index contributed by atoms with van der Waals surface area (Å²) in [5.74, 6) is 1.81. The second kappa shape index (κ2) is 4.39. The number of aryl methyl sites for hydroxylation is 2. The van der Waals surface area contributed by atoms with Gasteiger partial charge in [0.15, 0.2) is 0 Å². The molecule has 2 heterocycles. The van der Waals surface area contributed by atoms with Crippen LogP contribution in [0.2, 0.25) is 0 Å². The van der Waals surface area contributed by atoms with Gasteiger partial charge in [0.1, 0.15) is 11.7 Å². The van der Waals surface area contributed by atoms with Crippen molar-refractivity contribution in [3.8, 4) is 0 Å². The van der Waals surface area contributed by atoms with Gasteiger partial charge in [-0.05, 0) is 25.7 Å². The molecule has 0 spiro atoms. The largest absolute Gasteiger partial charge is 0.384 e. The average molecular weight is 235 g/mol. The van der Waals surface area contributed by atoms with Gasteiger partial charge in [-0.25, -0.2) is 0 Å². The first-order chi connectivity index (χ1) is 8.00. The maximum atomic E-state index is 7.70. The molecule has 0 bridgehead atoms. The first-order valence-electron chi connectivity index (χ1n) is 6.13. The Hall–Kier alpha value is -1.52. The van der Waals surface area contributed by atoms with E-state index in [1.807, 2.05) is 18.7 Å². The topological polar surface area (TPSA) is 70.9 Å². The average Bonchev–Trinajstić information content (AvgIpc) is 2.53. The van der Waals surface area contributed by atoms with Crippen molar-refractivity contribution in [1.82, 2.24) is 9.78 Å². The molecular weight excluding hydrogens is 214 g/mol. The fourth-order valence-electron chi connectivity index (χ4n) is 2.71. The number of nitrogens with zero attached hydrogens (tertiary/aromatic N) is 3. The second-order valence-corrected chi connectivity index (χ2v) is 5.01. The van der Waals surface area contributed by atoms with Gasteiger partial charge in [-0.15, -0.1) is 0 Å². The van der Waals surface area contributed by atoms with Crippen LogP contribution in [0.4, 0.5) is 5.82 Å². The van der Waals surface area contributed by atoms with E-state index in [2.05, 4.69) is 16.9 Å². The van der Waals surface area contributed by atoms with Crippen LogP contribution in [-0.4, -0.2) is 28.7 Å². The number of aromatic nitrogens is 2. The molecule has 5 heteroatoms. The van der Waals surface area contributed by atoms with Crippen molar-refractivity contribution in [3.63, 3.8) is 0 Å². The zero-order valence-corrected chi connectivity index (χ0v) is 10.8. The zero-order chi connectivity index (χ0) is 12.6. The molecule has 0 aliphatic carbocycles. The molecule has 3 N–H and O–H groups in total. The van der Waals surface area contributed by atoms with Crippen LogP contribution in [0.3, 0.4) is 0 Å². The number of hydrogen-bond acceptors (Lipinski definition) is 3. The summed E-state index contributed by atoms with van der Waals surface area (Å²) in [6.45, 7) is 6.24. The van der Waals surface area contributed by atoms with Crippen LogP contribution >= 0.6 is 0 Å². The Labute approximate surface area is 102 Å². The molecule has 2 rings (SSSR count). The van der Waals surface area contributed by atoms with Crippen molar-refractivity contribution in [1.29, 1.82) is 5.41 Å². The highest BCUT2D eigenvalue weighted by Gasteiger charge is 2.24. The van der Waals surface area contributed by atoms with Crippen LogP contribution in [0.5, 0.6) is 0 Å². The van der Waals surface area contributed by atoms with E-state index in [-0.39, 0.29) is 5.84 Å². The Bertz CT molecular complexity index is 434. The number of piperidine rings is 1. The summed E-state index contributed by atoms with van der Waals surface area (Å²) in [6, 6.07) is 0. The number of rotatable bonds is 2. The normalized spacial score (nSPS) is 20.6. The summed E-state index contributed by atoms with van der Waals surface area (Å²) < 4.78 is 1.85. The highest BCUT2D eigenvalue weighted by Crippen LogP contribution is 2.27. The second-order valence-electron chi connectivity index (χ2n) is 5.01. The maximum Gasteiger partial charge on any atom is 0.137 e. The van der Waals surface area contributed by atoms with Gasteiger partial charge in [0.25, 0.3) is 0 Å². The van der Waals surface area contributed by atoms with Crippen molar-refractivity contribution < 1.29 is 0 Å². The van der Waals surface area contributed by atoms with Crippen molar-refractivity contribution in [2.24, 2.45) is 18.7 Å². The molecule has 0 saturated carbocycles. The van der Waals surface area contributed by atoms with Crippen LogP contribution in [0.1, 0.15) is 31.0 Å². The van der Waals surface area contributed by atoms with Gasteiger partial charge in [-0.3, -0.25) is 10.1 Å². The molecule has 5 nitrogen and oxygen atoms in total. The molecule has 1 fully saturated rings. The first-order valence-corrected chi connectivity index (χ1v) is 6.13. The highest BCUT2D eigenvalue weighted by atomic mass is 15.4. The van der Waals surface area contributed by atoms with Gasteiger partial charge in [-0.2, -0.15) is 5.10 Å². The summed E-state index contributed by atoms with van der Waals surface area (Å²) in [5, 5.41) is 12.1. The van der Waals surface area contributed by atoms with E-state index in [9.17, 15) is 0 Å². The minimum atomic E-state index is 0.115. The van der Waals surface area contributed by atoms with Crippen LogP contribution < -0.4 is 10.6 Å². The lowest BCUT2D eigenvalue weighted by Crippen LogP contribution is -2.36. The Balaban J connectivity index is 2.40. The predicted octanol–water partition coefficient (Wildman–Crippen LogP) is 1.25. The Morgan fingerprint density at radius 2 is 2.24 bits per heavy atom. The molecule has 1 aliphatic rings. The van der Waals surface area contributed by atoms with Gasteiger partial charge in [0.2, 0.25) is 0 Å². The molecule has 94 valence electrons. The molecule has 1 atom stereocenters. The van der Waals surface area contributed by atoms with Crippen molar-refractivity contribution in [2.75, 3.05) is 18.0 Å². The Morgan fingerprint density at radius 3 is 2.82 bits per heavy atom. The number of anilines is 1. The van der Waals surface area contributed by atoms with Gasteiger partial charge in [0.05, 0.1) is 11.3 Å². The molecule has 1 unspecified atom stereocenters. The quantitative estimate of drug-likeness (QED) is 0.598. The van der Waals surface area contributed by atoms with Crippen molar-refractivity contribution >= 4 is 11.7 Å². The van der Waals surface area contributed by atoms with E-state index in [0.29, 0.717) is 5.92 Å². The molecule has 17 heavy (non-hydrogen) atoms. The number of nitrogen functional groups attached to an aromatic ring is 1. The molecule has 1 aromatic rings. The highest BCUT2D eigenvalue weighted by molar-refractivity contribution is 6.00. The van der Waals surface area contributed by atoms with Crippen LogP contribution in [-0.2, 0) is 7.05 Å². The molecule has 0 amide bonds. The SMILES string of the molecule is Cc1nn(C)c(N2CCCC(C)C2)c1C(=N)N. The van der Waals surface area contributed by atoms with E-state index < -0.39 is 0 Å². The maximum absolute atomic E-state index is 7.70. The smallest absolute Gasteiger partial charge is 0.137 e. The standard InChI is InChI=1S/C12H21N5/c1-8-5-4-6-17(7-8)12-10(11(13)14)9(2)15-16(12)3/h8H,4-7H2,1-3H3,(H3,13,14). The van der Waals surface area contributed by atoms with Crippen LogP contribution in [0.15, 0.2) is 0 Å². The van der Waals surface area contributed by atoms with E-state index in [1.54, 1.807) is 0 Å². The number of nitrogens with one attached hydrogen (secondary N) is 1. The molecule has 1 aliphatic heterocycles. The summed E-state index contributed by atoms with van der Waals surface area (Å²) in [7, 11) is 1.92.